The number of hydrogen-bond acceptors (Lipinski definition) is 4. The zero-order chi connectivity index (χ0) is 23.7. The summed E-state index contributed by atoms with van der Waals surface area (Å²) in [5.41, 5.74) is 3.73. The number of rotatable bonds is 6. The minimum Gasteiger partial charge on any atom is -0.442 e. The number of thiocarbonyl (C=S) groups is 1. The average Bonchev–Trinajstić information content (AvgIpc) is 3.41. The standard InChI is InChI=1S/C26H29FN4O2S/c1-17(34)28-14-21-16-31(26(32)33-21)20-6-7-22(24(27)12-20)18-8-10-30(11-9-18)15-19-13-29-25-5-3-2-4-23(19)25/h2-7,12-13,18,21,29H,8-11,14-16H2,1H3,(H,28,34). The zero-order valence-corrected chi connectivity index (χ0v) is 20.0. The molecule has 2 aliphatic heterocycles. The zero-order valence-electron chi connectivity index (χ0n) is 19.2. The first-order chi connectivity index (χ1) is 16.5. The number of nitrogens with zero attached hydrogens (tertiary/aromatic N) is 2. The Morgan fingerprint density at radius 3 is 2.79 bits per heavy atom. The molecule has 2 fully saturated rings. The summed E-state index contributed by atoms with van der Waals surface area (Å²) in [6.07, 6.45) is 3.15. The third kappa shape index (κ3) is 4.79. The number of para-hydroxylation sites is 1. The number of fused-ring (bicyclic) bond motifs is 1. The summed E-state index contributed by atoms with van der Waals surface area (Å²) in [6, 6.07) is 13.5. The maximum Gasteiger partial charge on any atom is 0.414 e. The van der Waals surface area contributed by atoms with E-state index in [0.717, 1.165) is 43.6 Å². The van der Waals surface area contributed by atoms with Crippen molar-refractivity contribution in [3.8, 4) is 0 Å². The lowest BCUT2D eigenvalue weighted by molar-refractivity contribution is 0.143. The van der Waals surface area contributed by atoms with E-state index in [9.17, 15) is 4.79 Å². The topological polar surface area (TPSA) is 60.6 Å². The third-order valence-electron chi connectivity index (χ3n) is 6.84. The van der Waals surface area contributed by atoms with Gasteiger partial charge < -0.3 is 15.0 Å². The van der Waals surface area contributed by atoms with Crippen molar-refractivity contribution in [2.75, 3.05) is 31.1 Å². The number of H-pyrrole nitrogens is 1. The number of amides is 1. The van der Waals surface area contributed by atoms with Crippen LogP contribution in [0.15, 0.2) is 48.7 Å². The Bertz CT molecular complexity index is 1200. The Labute approximate surface area is 204 Å². The van der Waals surface area contributed by atoms with E-state index in [1.807, 2.05) is 18.2 Å². The van der Waals surface area contributed by atoms with Gasteiger partial charge in [-0.25, -0.2) is 9.18 Å². The molecule has 0 bridgehead atoms. The summed E-state index contributed by atoms with van der Waals surface area (Å²) in [4.78, 5) is 20.2. The minimum atomic E-state index is -0.452. The smallest absolute Gasteiger partial charge is 0.414 e. The minimum absolute atomic E-state index is 0.182. The number of ether oxygens (including phenoxy) is 1. The Morgan fingerprint density at radius 1 is 1.24 bits per heavy atom. The number of halogens is 1. The number of anilines is 1. The van der Waals surface area contributed by atoms with Crippen LogP contribution < -0.4 is 10.2 Å². The fourth-order valence-corrected chi connectivity index (χ4v) is 5.10. The van der Waals surface area contributed by atoms with Gasteiger partial charge in [-0.3, -0.25) is 9.80 Å². The molecule has 1 amide bonds. The Balaban J connectivity index is 1.19. The second-order valence-corrected chi connectivity index (χ2v) is 9.78. The predicted molar refractivity (Wildman–Crippen MR) is 136 cm³/mol. The van der Waals surface area contributed by atoms with Crippen molar-refractivity contribution in [1.82, 2.24) is 15.2 Å². The van der Waals surface area contributed by atoms with E-state index in [0.29, 0.717) is 23.8 Å². The molecule has 1 atom stereocenters. The first-order valence-electron chi connectivity index (χ1n) is 11.8. The molecule has 3 heterocycles. The molecule has 2 aromatic carbocycles. The second kappa shape index (κ2) is 9.72. The number of cyclic esters (lactones) is 1. The second-order valence-electron chi connectivity index (χ2n) is 9.17. The van der Waals surface area contributed by atoms with Gasteiger partial charge in [0, 0.05) is 23.6 Å². The number of hydrogen-bond donors (Lipinski definition) is 2. The van der Waals surface area contributed by atoms with Crippen molar-refractivity contribution in [2.45, 2.75) is 38.3 Å². The van der Waals surface area contributed by atoms with Crippen LogP contribution in [0.25, 0.3) is 10.9 Å². The normalized spacial score (nSPS) is 19.5. The molecule has 0 aliphatic carbocycles. The molecule has 8 heteroatoms. The molecule has 0 radical (unpaired) electrons. The van der Waals surface area contributed by atoms with Crippen LogP contribution in [0.2, 0.25) is 0 Å². The SMILES string of the molecule is CC(=S)NCC1CN(c2ccc(C3CCN(Cc4c[nH]c5ccccc45)CC3)c(F)c2)C(=O)O1. The van der Waals surface area contributed by atoms with Crippen LogP contribution in [0.1, 0.15) is 36.8 Å². The van der Waals surface area contributed by atoms with Crippen LogP contribution in [-0.2, 0) is 11.3 Å². The number of carbonyl (C=O) groups is 1. The summed E-state index contributed by atoms with van der Waals surface area (Å²) in [5.74, 6) is -0.0713. The third-order valence-corrected chi connectivity index (χ3v) is 6.99. The van der Waals surface area contributed by atoms with Crippen molar-refractivity contribution in [1.29, 1.82) is 0 Å². The van der Waals surface area contributed by atoms with Gasteiger partial charge in [0.15, 0.2) is 0 Å². The summed E-state index contributed by atoms with van der Waals surface area (Å²) in [5, 5.41) is 4.28. The highest BCUT2D eigenvalue weighted by atomic mass is 32.1. The molecule has 5 rings (SSSR count). The van der Waals surface area contributed by atoms with Crippen molar-refractivity contribution in [2.24, 2.45) is 0 Å². The van der Waals surface area contributed by atoms with E-state index < -0.39 is 6.09 Å². The van der Waals surface area contributed by atoms with Crippen molar-refractivity contribution in [3.63, 3.8) is 0 Å². The number of nitrogens with one attached hydrogen (secondary N) is 2. The summed E-state index contributed by atoms with van der Waals surface area (Å²) < 4.78 is 20.5. The summed E-state index contributed by atoms with van der Waals surface area (Å²) in [6.45, 7) is 5.36. The van der Waals surface area contributed by atoms with Gasteiger partial charge in [0.2, 0.25) is 0 Å². The van der Waals surface area contributed by atoms with Gasteiger partial charge in [0.25, 0.3) is 0 Å². The van der Waals surface area contributed by atoms with E-state index in [-0.39, 0.29) is 17.8 Å². The fourth-order valence-electron chi connectivity index (χ4n) is 5.02. The quantitative estimate of drug-likeness (QED) is 0.489. The van der Waals surface area contributed by atoms with E-state index in [4.69, 9.17) is 17.0 Å². The van der Waals surface area contributed by atoms with Crippen LogP contribution in [-0.4, -0.2) is 53.2 Å². The number of piperidine rings is 1. The monoisotopic (exact) mass is 480 g/mol. The fraction of sp³-hybridized carbons (Fsp3) is 0.385. The largest absolute Gasteiger partial charge is 0.442 e. The first-order valence-corrected chi connectivity index (χ1v) is 12.2. The van der Waals surface area contributed by atoms with Crippen LogP contribution in [0.3, 0.4) is 0 Å². The lowest BCUT2D eigenvalue weighted by Crippen LogP contribution is -2.33. The summed E-state index contributed by atoms with van der Waals surface area (Å²) in [7, 11) is 0. The molecule has 34 heavy (non-hydrogen) atoms. The van der Waals surface area contributed by atoms with Crippen LogP contribution >= 0.6 is 12.2 Å². The number of aromatic nitrogens is 1. The number of likely N-dealkylation sites (tertiary alicyclic amines) is 1. The molecule has 3 aromatic rings. The highest BCUT2D eigenvalue weighted by molar-refractivity contribution is 7.80. The molecule has 178 valence electrons. The Kier molecular flexibility index (Phi) is 6.52. The van der Waals surface area contributed by atoms with E-state index in [1.54, 1.807) is 6.92 Å². The lowest BCUT2D eigenvalue weighted by atomic mass is 9.88. The Morgan fingerprint density at radius 2 is 2.03 bits per heavy atom. The van der Waals surface area contributed by atoms with E-state index in [1.165, 1.54) is 21.9 Å². The molecule has 1 unspecified atom stereocenters. The van der Waals surface area contributed by atoms with E-state index in [2.05, 4.69) is 39.6 Å². The molecule has 1 aromatic heterocycles. The van der Waals surface area contributed by atoms with Crippen LogP contribution in [0.5, 0.6) is 0 Å². The van der Waals surface area contributed by atoms with Gasteiger partial charge in [-0.15, -0.1) is 0 Å². The number of carbonyl (C=O) groups excluding carboxylic acids is 1. The highest BCUT2D eigenvalue weighted by Crippen LogP contribution is 2.33. The van der Waals surface area contributed by atoms with Gasteiger partial charge >= 0.3 is 6.09 Å². The lowest BCUT2D eigenvalue weighted by Gasteiger charge is -2.32. The first kappa shape index (κ1) is 22.8. The van der Waals surface area contributed by atoms with Gasteiger partial charge in [0.05, 0.1) is 23.8 Å². The van der Waals surface area contributed by atoms with Gasteiger partial charge in [-0.1, -0.05) is 36.5 Å². The van der Waals surface area contributed by atoms with Crippen molar-refractivity contribution >= 4 is 39.9 Å². The van der Waals surface area contributed by atoms with E-state index >= 15 is 4.39 Å². The van der Waals surface area contributed by atoms with Gasteiger partial charge in [0.1, 0.15) is 11.9 Å². The molecule has 6 nitrogen and oxygen atoms in total. The molecular weight excluding hydrogens is 451 g/mol. The molecular formula is C26H29FN4O2S. The average molecular weight is 481 g/mol. The molecule has 2 saturated heterocycles. The summed E-state index contributed by atoms with van der Waals surface area (Å²) >= 11 is 5.01. The number of aromatic amines is 1. The Hall–Kier alpha value is -2.97. The van der Waals surface area contributed by atoms with Crippen LogP contribution in [0.4, 0.5) is 14.9 Å². The predicted octanol–water partition coefficient (Wildman–Crippen LogP) is 4.95. The molecule has 2 N–H and O–H groups in total. The van der Waals surface area contributed by atoms with Crippen LogP contribution in [0, 0.1) is 5.82 Å². The maximum atomic E-state index is 15.1. The maximum absolute atomic E-state index is 15.1. The molecule has 0 saturated carbocycles. The highest BCUT2D eigenvalue weighted by Gasteiger charge is 2.33. The van der Waals surface area contributed by atoms with Gasteiger partial charge in [-0.2, -0.15) is 0 Å². The number of benzene rings is 2. The molecule has 0 spiro atoms. The van der Waals surface area contributed by atoms with Crippen molar-refractivity contribution in [3.05, 3.63) is 65.6 Å². The molecule has 2 aliphatic rings. The van der Waals surface area contributed by atoms with Crippen molar-refractivity contribution < 1.29 is 13.9 Å². The van der Waals surface area contributed by atoms with Gasteiger partial charge in [-0.05, 0) is 68.1 Å².